The van der Waals surface area contributed by atoms with Crippen molar-refractivity contribution in [2.45, 2.75) is 44.7 Å². The summed E-state index contributed by atoms with van der Waals surface area (Å²) >= 11 is 0. The smallest absolute Gasteiger partial charge is 0.141 e. The van der Waals surface area contributed by atoms with Gasteiger partial charge < -0.3 is 9.84 Å². The van der Waals surface area contributed by atoms with Crippen LogP contribution < -0.4 is 5.32 Å². The Kier molecular flexibility index (Phi) is 1.50. The van der Waals surface area contributed by atoms with E-state index in [2.05, 4.69) is 10.5 Å². The maximum atomic E-state index is 5.25. The number of fused-ring (bicyclic) bond motifs is 1. The van der Waals surface area contributed by atoms with E-state index in [9.17, 15) is 0 Å². The molecule has 0 radical (unpaired) electrons. The molecule has 1 atom stereocenters. The summed E-state index contributed by atoms with van der Waals surface area (Å²) in [4.78, 5) is 0. The fourth-order valence-electron chi connectivity index (χ4n) is 2.17. The lowest BCUT2D eigenvalue weighted by Crippen LogP contribution is -2.21. The van der Waals surface area contributed by atoms with Crippen molar-refractivity contribution in [2.75, 3.05) is 0 Å². The third-order valence-electron chi connectivity index (χ3n) is 3.01. The fourth-order valence-corrected chi connectivity index (χ4v) is 2.17. The molecule has 0 bridgehead atoms. The maximum absolute atomic E-state index is 5.25. The summed E-state index contributed by atoms with van der Waals surface area (Å²) in [7, 11) is 0. The topological polar surface area (TPSA) is 38.1 Å². The lowest BCUT2D eigenvalue weighted by Gasteiger charge is -2.11. The minimum Gasteiger partial charge on any atom is -0.361 e. The van der Waals surface area contributed by atoms with Gasteiger partial charge in [-0.05, 0) is 26.2 Å². The predicted octanol–water partition coefficient (Wildman–Crippen LogP) is 1.72. The molecule has 1 unspecified atom stereocenters. The van der Waals surface area contributed by atoms with Gasteiger partial charge in [-0.25, -0.2) is 0 Å². The van der Waals surface area contributed by atoms with Gasteiger partial charge in [-0.3, -0.25) is 0 Å². The number of hydrogen-bond acceptors (Lipinski definition) is 3. The van der Waals surface area contributed by atoms with Crippen LogP contribution in [-0.2, 0) is 6.42 Å². The normalized spacial score (nSPS) is 26.4. The van der Waals surface area contributed by atoms with Crippen LogP contribution in [0.1, 0.15) is 42.3 Å². The minimum atomic E-state index is 0.522. The Bertz CT molecular complexity index is 328. The van der Waals surface area contributed by atoms with E-state index in [-0.39, 0.29) is 0 Å². The zero-order chi connectivity index (χ0) is 8.84. The highest BCUT2D eigenvalue weighted by Crippen LogP contribution is 2.35. The van der Waals surface area contributed by atoms with Gasteiger partial charge in [-0.15, -0.1) is 0 Å². The van der Waals surface area contributed by atoms with Crippen LogP contribution in [0.4, 0.5) is 0 Å². The van der Waals surface area contributed by atoms with Gasteiger partial charge in [0.25, 0.3) is 0 Å². The van der Waals surface area contributed by atoms with E-state index in [0.29, 0.717) is 6.04 Å². The molecule has 2 aliphatic rings. The molecule has 70 valence electrons. The zero-order valence-corrected chi connectivity index (χ0v) is 7.84. The predicted molar refractivity (Wildman–Crippen MR) is 48.5 cm³/mol. The largest absolute Gasteiger partial charge is 0.361 e. The second-order valence-corrected chi connectivity index (χ2v) is 4.14. The van der Waals surface area contributed by atoms with Crippen molar-refractivity contribution >= 4 is 0 Å². The van der Waals surface area contributed by atoms with E-state index in [4.69, 9.17) is 4.52 Å². The zero-order valence-electron chi connectivity index (χ0n) is 7.84. The quantitative estimate of drug-likeness (QED) is 0.749. The molecular formula is C10H14N2O. The van der Waals surface area contributed by atoms with Crippen LogP contribution in [-0.4, -0.2) is 11.2 Å². The maximum Gasteiger partial charge on any atom is 0.141 e. The standard InChI is InChI=1S/C10H14N2O/c1-6-10-8(11-7-2-3-7)4-5-9(10)13-12-6/h7-8,11H,2-5H2,1H3. The van der Waals surface area contributed by atoms with Crippen LogP contribution in [0.3, 0.4) is 0 Å². The molecule has 3 rings (SSSR count). The van der Waals surface area contributed by atoms with Gasteiger partial charge in [0.2, 0.25) is 0 Å². The minimum absolute atomic E-state index is 0.522. The van der Waals surface area contributed by atoms with E-state index in [0.717, 1.165) is 23.9 Å². The first-order chi connectivity index (χ1) is 6.34. The number of aryl methyl sites for hydroxylation is 2. The average Bonchev–Trinajstić information content (AvgIpc) is 2.71. The molecule has 0 saturated heterocycles. The fraction of sp³-hybridized carbons (Fsp3) is 0.700. The van der Waals surface area contributed by atoms with E-state index in [1.165, 1.54) is 24.8 Å². The molecule has 1 aromatic heterocycles. The molecular weight excluding hydrogens is 164 g/mol. The van der Waals surface area contributed by atoms with Gasteiger partial charge >= 0.3 is 0 Å². The van der Waals surface area contributed by atoms with Crippen molar-refractivity contribution in [1.82, 2.24) is 10.5 Å². The number of hydrogen-bond donors (Lipinski definition) is 1. The molecule has 1 aromatic rings. The number of nitrogens with zero attached hydrogens (tertiary/aromatic N) is 1. The third-order valence-corrected chi connectivity index (χ3v) is 3.01. The van der Waals surface area contributed by atoms with Gasteiger partial charge in [-0.2, -0.15) is 0 Å². The van der Waals surface area contributed by atoms with Crippen molar-refractivity contribution in [3.63, 3.8) is 0 Å². The number of nitrogens with one attached hydrogen (secondary N) is 1. The Morgan fingerprint density at radius 3 is 3.00 bits per heavy atom. The Labute approximate surface area is 77.5 Å². The monoisotopic (exact) mass is 178 g/mol. The van der Waals surface area contributed by atoms with Crippen LogP contribution in [0.15, 0.2) is 4.52 Å². The lowest BCUT2D eigenvalue weighted by atomic mass is 10.1. The second kappa shape index (κ2) is 2.58. The Hall–Kier alpha value is -0.830. The van der Waals surface area contributed by atoms with Gasteiger partial charge in [0.15, 0.2) is 0 Å². The first-order valence-corrected chi connectivity index (χ1v) is 5.05. The van der Waals surface area contributed by atoms with E-state index >= 15 is 0 Å². The molecule has 0 spiro atoms. The molecule has 1 N–H and O–H groups in total. The summed E-state index contributed by atoms with van der Waals surface area (Å²) in [6.07, 6.45) is 4.93. The Morgan fingerprint density at radius 2 is 2.23 bits per heavy atom. The van der Waals surface area contributed by atoms with Gasteiger partial charge in [0.05, 0.1) is 5.69 Å². The Morgan fingerprint density at radius 1 is 1.38 bits per heavy atom. The number of aromatic nitrogens is 1. The summed E-state index contributed by atoms with van der Waals surface area (Å²) in [5, 5.41) is 7.64. The third kappa shape index (κ3) is 1.18. The van der Waals surface area contributed by atoms with Crippen molar-refractivity contribution in [3.8, 4) is 0 Å². The molecule has 0 aromatic carbocycles. The molecule has 0 aliphatic heterocycles. The molecule has 3 nitrogen and oxygen atoms in total. The highest BCUT2D eigenvalue weighted by molar-refractivity contribution is 5.30. The van der Waals surface area contributed by atoms with Crippen LogP contribution in [0, 0.1) is 6.92 Å². The van der Waals surface area contributed by atoms with E-state index < -0.39 is 0 Å². The van der Waals surface area contributed by atoms with Crippen molar-refractivity contribution in [2.24, 2.45) is 0 Å². The average molecular weight is 178 g/mol. The van der Waals surface area contributed by atoms with Gasteiger partial charge in [0, 0.05) is 24.1 Å². The van der Waals surface area contributed by atoms with E-state index in [1.807, 2.05) is 6.92 Å². The molecule has 13 heavy (non-hydrogen) atoms. The first-order valence-electron chi connectivity index (χ1n) is 5.05. The summed E-state index contributed by atoms with van der Waals surface area (Å²) in [6, 6.07) is 1.29. The molecule has 1 saturated carbocycles. The summed E-state index contributed by atoms with van der Waals surface area (Å²) in [6.45, 7) is 2.04. The molecule has 1 fully saturated rings. The summed E-state index contributed by atoms with van der Waals surface area (Å²) in [5.74, 6) is 1.11. The molecule has 0 amide bonds. The highest BCUT2D eigenvalue weighted by atomic mass is 16.5. The van der Waals surface area contributed by atoms with Crippen molar-refractivity contribution < 1.29 is 4.52 Å². The van der Waals surface area contributed by atoms with E-state index in [1.54, 1.807) is 0 Å². The first kappa shape index (κ1) is 7.56. The van der Waals surface area contributed by atoms with Gasteiger partial charge in [-0.1, -0.05) is 5.16 Å². The molecule has 2 aliphatic carbocycles. The van der Waals surface area contributed by atoms with Crippen LogP contribution in [0.25, 0.3) is 0 Å². The Balaban J connectivity index is 1.86. The summed E-state index contributed by atoms with van der Waals surface area (Å²) in [5.41, 5.74) is 2.41. The summed E-state index contributed by atoms with van der Waals surface area (Å²) < 4.78 is 5.25. The van der Waals surface area contributed by atoms with Crippen LogP contribution >= 0.6 is 0 Å². The molecule has 3 heteroatoms. The van der Waals surface area contributed by atoms with Crippen LogP contribution in [0.2, 0.25) is 0 Å². The van der Waals surface area contributed by atoms with Crippen molar-refractivity contribution in [1.29, 1.82) is 0 Å². The molecule has 1 heterocycles. The number of rotatable bonds is 2. The van der Waals surface area contributed by atoms with Gasteiger partial charge in [0.1, 0.15) is 5.76 Å². The lowest BCUT2D eigenvalue weighted by molar-refractivity contribution is 0.380. The highest BCUT2D eigenvalue weighted by Gasteiger charge is 2.33. The van der Waals surface area contributed by atoms with Crippen molar-refractivity contribution in [3.05, 3.63) is 17.0 Å². The SMILES string of the molecule is Cc1noc2c1C(NC1CC1)CC2. The van der Waals surface area contributed by atoms with Crippen LogP contribution in [0.5, 0.6) is 0 Å². The second-order valence-electron chi connectivity index (χ2n) is 4.14.